The maximum atomic E-state index is 12.5. The molecule has 1 N–H and O–H groups in total. The predicted octanol–water partition coefficient (Wildman–Crippen LogP) is 2.58. The summed E-state index contributed by atoms with van der Waals surface area (Å²) in [6.07, 6.45) is 1.51. The van der Waals surface area contributed by atoms with Crippen molar-refractivity contribution in [3.63, 3.8) is 0 Å². The average Bonchev–Trinajstić information content (AvgIpc) is 2.71. The topological polar surface area (TPSA) is 60.0 Å². The van der Waals surface area contributed by atoms with E-state index in [0.29, 0.717) is 10.3 Å². The Labute approximate surface area is 126 Å². The van der Waals surface area contributed by atoms with Gasteiger partial charge in [-0.2, -0.15) is 0 Å². The molecule has 3 aromatic rings. The molecule has 0 atom stereocenters. The van der Waals surface area contributed by atoms with E-state index in [0.717, 1.165) is 11.2 Å². The first-order valence-electron chi connectivity index (χ1n) is 6.35. The summed E-state index contributed by atoms with van der Waals surface area (Å²) < 4.78 is 4.22. The fraction of sp³-hybridized carbons (Fsp3) is 0.133. The van der Waals surface area contributed by atoms with Crippen molar-refractivity contribution in [2.24, 2.45) is 14.1 Å². The number of aromatic hydroxyl groups is 1. The maximum absolute atomic E-state index is 12.5. The van der Waals surface area contributed by atoms with Gasteiger partial charge >= 0.3 is 0 Å². The van der Waals surface area contributed by atoms with Gasteiger partial charge in [-0.15, -0.1) is 0 Å². The molecular weight excluding hydrogens is 286 g/mol. The second-order valence-corrected chi connectivity index (χ2v) is 5.18. The van der Waals surface area contributed by atoms with Crippen LogP contribution in [0.2, 0.25) is 0 Å². The van der Waals surface area contributed by atoms with Gasteiger partial charge in [0.15, 0.2) is 16.2 Å². The van der Waals surface area contributed by atoms with Gasteiger partial charge in [0.2, 0.25) is 0 Å². The first kappa shape index (κ1) is 13.5. The molecule has 0 aliphatic rings. The first-order chi connectivity index (χ1) is 10.0. The Hall–Kier alpha value is -2.47. The summed E-state index contributed by atoms with van der Waals surface area (Å²) in [7, 11) is 3.67. The van der Waals surface area contributed by atoms with E-state index in [1.807, 2.05) is 14.1 Å². The number of aryl methyl sites for hydroxylation is 2. The molecule has 0 unspecified atom stereocenters. The van der Waals surface area contributed by atoms with Crippen molar-refractivity contribution >= 4 is 29.2 Å². The van der Waals surface area contributed by atoms with Gasteiger partial charge in [-0.05, 0) is 30.4 Å². The summed E-state index contributed by atoms with van der Waals surface area (Å²) in [5.41, 5.74) is 2.18. The number of aromatic nitrogens is 3. The number of phenolic OH excluding ortho intramolecular Hbond substituents is 1. The normalized spacial score (nSPS) is 11.0. The van der Waals surface area contributed by atoms with Crippen LogP contribution in [0.4, 0.5) is 0 Å². The standard InChI is InChI=1S/C15H13N3O2S/c1-17-11-7-9(8-16-14(11)18(2)15(17)21)13(20)10-5-3-4-6-12(10)19/h3-8,19H,1-2H3. The molecule has 0 aliphatic carbocycles. The third kappa shape index (κ3) is 2.04. The molecule has 1 aromatic carbocycles. The number of nitrogens with zero attached hydrogens (tertiary/aromatic N) is 3. The van der Waals surface area contributed by atoms with Crippen LogP contribution in [-0.4, -0.2) is 25.0 Å². The van der Waals surface area contributed by atoms with E-state index in [-0.39, 0.29) is 17.1 Å². The fourth-order valence-electron chi connectivity index (χ4n) is 2.32. The van der Waals surface area contributed by atoms with Crippen molar-refractivity contribution in [2.75, 3.05) is 0 Å². The molecule has 0 aliphatic heterocycles. The van der Waals surface area contributed by atoms with Crippen molar-refractivity contribution in [1.29, 1.82) is 0 Å². The SMILES string of the molecule is Cn1c(=S)n(C)c2ncc(C(=O)c3ccccc3O)cc21. The van der Waals surface area contributed by atoms with Gasteiger partial charge in [0.25, 0.3) is 0 Å². The Morgan fingerprint density at radius 3 is 2.67 bits per heavy atom. The number of hydrogen-bond acceptors (Lipinski definition) is 4. The minimum absolute atomic E-state index is 0.0380. The highest BCUT2D eigenvalue weighted by molar-refractivity contribution is 7.71. The zero-order valence-corrected chi connectivity index (χ0v) is 12.4. The highest BCUT2D eigenvalue weighted by atomic mass is 32.1. The zero-order valence-electron chi connectivity index (χ0n) is 11.6. The Kier molecular flexibility index (Phi) is 3.10. The van der Waals surface area contributed by atoms with Gasteiger partial charge in [-0.1, -0.05) is 12.1 Å². The van der Waals surface area contributed by atoms with E-state index in [1.165, 1.54) is 12.3 Å². The van der Waals surface area contributed by atoms with Crippen LogP contribution < -0.4 is 0 Å². The van der Waals surface area contributed by atoms with Gasteiger partial charge in [0.05, 0.1) is 11.1 Å². The second-order valence-electron chi connectivity index (χ2n) is 4.81. The third-order valence-corrected chi connectivity index (χ3v) is 4.06. The highest BCUT2D eigenvalue weighted by Crippen LogP contribution is 2.22. The number of fused-ring (bicyclic) bond motifs is 1. The predicted molar refractivity (Wildman–Crippen MR) is 82.1 cm³/mol. The van der Waals surface area contributed by atoms with E-state index in [9.17, 15) is 9.90 Å². The largest absolute Gasteiger partial charge is 0.507 e. The van der Waals surface area contributed by atoms with Crippen LogP contribution in [-0.2, 0) is 14.1 Å². The van der Waals surface area contributed by atoms with E-state index < -0.39 is 0 Å². The second kappa shape index (κ2) is 4.82. The summed E-state index contributed by atoms with van der Waals surface area (Å²) >= 11 is 5.28. The average molecular weight is 299 g/mol. The van der Waals surface area contributed by atoms with E-state index in [2.05, 4.69) is 4.98 Å². The summed E-state index contributed by atoms with van der Waals surface area (Å²) in [4.78, 5) is 16.8. The number of hydrogen-bond donors (Lipinski definition) is 1. The lowest BCUT2D eigenvalue weighted by molar-refractivity contribution is 0.103. The van der Waals surface area contributed by atoms with Crippen molar-refractivity contribution in [2.45, 2.75) is 0 Å². The number of rotatable bonds is 2. The molecule has 0 fully saturated rings. The number of carbonyl (C=O) groups excluding carboxylic acids is 1. The van der Waals surface area contributed by atoms with Crippen LogP contribution in [0.25, 0.3) is 11.2 Å². The molecular formula is C15H13N3O2S. The number of para-hydroxylation sites is 1. The lowest BCUT2D eigenvalue weighted by Crippen LogP contribution is -2.03. The van der Waals surface area contributed by atoms with Crippen molar-refractivity contribution in [3.05, 3.63) is 52.4 Å². The van der Waals surface area contributed by atoms with Crippen LogP contribution in [0.15, 0.2) is 36.5 Å². The summed E-state index contributed by atoms with van der Waals surface area (Å²) in [6, 6.07) is 8.21. The molecule has 0 bridgehead atoms. The minimum Gasteiger partial charge on any atom is -0.507 e. The van der Waals surface area contributed by atoms with E-state index >= 15 is 0 Å². The van der Waals surface area contributed by atoms with Crippen molar-refractivity contribution in [1.82, 2.24) is 14.1 Å². The monoisotopic (exact) mass is 299 g/mol. The Balaban J connectivity index is 2.18. The lowest BCUT2D eigenvalue weighted by atomic mass is 10.0. The van der Waals surface area contributed by atoms with Gasteiger partial charge in [-0.3, -0.25) is 4.79 Å². The van der Waals surface area contributed by atoms with Crippen molar-refractivity contribution < 1.29 is 9.90 Å². The number of pyridine rings is 1. The number of benzene rings is 1. The molecule has 3 rings (SSSR count). The molecule has 0 saturated heterocycles. The van der Waals surface area contributed by atoms with Crippen LogP contribution in [0, 0.1) is 4.77 Å². The van der Waals surface area contributed by atoms with E-state index in [4.69, 9.17) is 12.2 Å². The molecule has 0 radical (unpaired) electrons. The summed E-state index contributed by atoms with van der Waals surface area (Å²) in [5, 5.41) is 9.79. The molecule has 106 valence electrons. The molecule has 6 heteroatoms. The van der Waals surface area contributed by atoms with Crippen LogP contribution in [0.5, 0.6) is 5.75 Å². The smallest absolute Gasteiger partial charge is 0.198 e. The molecule has 2 heterocycles. The summed E-state index contributed by atoms with van der Waals surface area (Å²) in [6.45, 7) is 0. The van der Waals surface area contributed by atoms with E-state index in [1.54, 1.807) is 33.4 Å². The van der Waals surface area contributed by atoms with Crippen molar-refractivity contribution in [3.8, 4) is 5.75 Å². The van der Waals surface area contributed by atoms with Gasteiger partial charge < -0.3 is 14.2 Å². The van der Waals surface area contributed by atoms with Gasteiger partial charge in [-0.25, -0.2) is 4.98 Å². The van der Waals surface area contributed by atoms with Crippen LogP contribution in [0.1, 0.15) is 15.9 Å². The number of phenols is 1. The Bertz CT molecular complexity index is 924. The summed E-state index contributed by atoms with van der Waals surface area (Å²) in [5.74, 6) is -0.304. The van der Waals surface area contributed by atoms with Gasteiger partial charge in [0, 0.05) is 25.9 Å². The Morgan fingerprint density at radius 1 is 1.24 bits per heavy atom. The Morgan fingerprint density at radius 2 is 1.95 bits per heavy atom. The molecule has 2 aromatic heterocycles. The molecule has 0 amide bonds. The zero-order chi connectivity index (χ0) is 15.1. The molecule has 0 spiro atoms. The third-order valence-electron chi connectivity index (χ3n) is 3.51. The van der Waals surface area contributed by atoms with Gasteiger partial charge in [0.1, 0.15) is 5.75 Å². The quantitative estimate of drug-likeness (QED) is 0.583. The first-order valence-corrected chi connectivity index (χ1v) is 6.75. The molecule has 0 saturated carbocycles. The lowest BCUT2D eigenvalue weighted by Gasteiger charge is -2.04. The highest BCUT2D eigenvalue weighted by Gasteiger charge is 2.16. The number of carbonyl (C=O) groups is 1. The fourth-order valence-corrected chi connectivity index (χ4v) is 2.50. The number of imidazole rings is 1. The number of ketones is 1. The molecule has 5 nitrogen and oxygen atoms in total. The minimum atomic E-state index is -0.266. The maximum Gasteiger partial charge on any atom is 0.198 e. The molecule has 21 heavy (non-hydrogen) atoms. The van der Waals surface area contributed by atoms with Crippen LogP contribution in [0.3, 0.4) is 0 Å². The van der Waals surface area contributed by atoms with Crippen LogP contribution >= 0.6 is 12.2 Å².